The van der Waals surface area contributed by atoms with E-state index in [1.807, 2.05) is 32.9 Å². The SMILES string of the molecule is Cc1cc(C)c(NC(=O)COC(=O)CNC(=O)c2ccc(Br)cc2)c(C)c1. The Hall–Kier alpha value is -2.67. The Morgan fingerprint density at radius 3 is 2.19 bits per heavy atom. The number of benzene rings is 2. The van der Waals surface area contributed by atoms with Crippen molar-refractivity contribution in [1.82, 2.24) is 5.32 Å². The van der Waals surface area contributed by atoms with Crippen molar-refractivity contribution in [2.24, 2.45) is 0 Å². The second kappa shape index (κ2) is 9.32. The van der Waals surface area contributed by atoms with Crippen molar-refractivity contribution < 1.29 is 19.1 Å². The molecule has 0 atom stereocenters. The summed E-state index contributed by atoms with van der Waals surface area (Å²) in [7, 11) is 0. The highest BCUT2D eigenvalue weighted by Gasteiger charge is 2.12. The molecule has 0 radical (unpaired) electrons. The van der Waals surface area contributed by atoms with E-state index in [1.165, 1.54) is 0 Å². The summed E-state index contributed by atoms with van der Waals surface area (Å²) in [5, 5.41) is 5.20. The normalized spacial score (nSPS) is 10.2. The van der Waals surface area contributed by atoms with E-state index in [4.69, 9.17) is 4.74 Å². The van der Waals surface area contributed by atoms with Gasteiger partial charge in [0.1, 0.15) is 6.54 Å². The summed E-state index contributed by atoms with van der Waals surface area (Å²) >= 11 is 3.28. The number of nitrogens with one attached hydrogen (secondary N) is 2. The van der Waals surface area contributed by atoms with Crippen LogP contribution in [0.5, 0.6) is 0 Å². The Bertz CT molecular complexity index is 840. The molecular weight excluding hydrogens is 412 g/mol. The molecule has 2 amide bonds. The van der Waals surface area contributed by atoms with Crippen molar-refractivity contribution in [3.8, 4) is 0 Å². The van der Waals surface area contributed by atoms with Crippen LogP contribution in [0.25, 0.3) is 0 Å². The van der Waals surface area contributed by atoms with Crippen LogP contribution in [0, 0.1) is 20.8 Å². The lowest BCUT2D eigenvalue weighted by molar-refractivity contribution is -0.146. The van der Waals surface area contributed by atoms with Gasteiger partial charge in [0, 0.05) is 15.7 Å². The fourth-order valence-corrected chi connectivity index (χ4v) is 2.87. The van der Waals surface area contributed by atoms with E-state index in [9.17, 15) is 14.4 Å². The number of rotatable bonds is 6. The summed E-state index contributed by atoms with van der Waals surface area (Å²) in [6.07, 6.45) is 0. The van der Waals surface area contributed by atoms with E-state index in [-0.39, 0.29) is 6.54 Å². The largest absolute Gasteiger partial charge is 0.454 e. The molecule has 142 valence electrons. The second-order valence-electron chi connectivity index (χ2n) is 6.17. The van der Waals surface area contributed by atoms with E-state index in [0.717, 1.165) is 21.2 Å². The van der Waals surface area contributed by atoms with Crippen LogP contribution in [0.1, 0.15) is 27.0 Å². The molecule has 0 heterocycles. The molecule has 2 N–H and O–H groups in total. The highest BCUT2D eigenvalue weighted by molar-refractivity contribution is 9.10. The van der Waals surface area contributed by atoms with Crippen molar-refractivity contribution in [2.75, 3.05) is 18.5 Å². The van der Waals surface area contributed by atoms with Crippen molar-refractivity contribution in [3.63, 3.8) is 0 Å². The zero-order valence-corrected chi connectivity index (χ0v) is 17.0. The summed E-state index contributed by atoms with van der Waals surface area (Å²) in [5.74, 6) is -1.51. The predicted molar refractivity (Wildman–Crippen MR) is 107 cm³/mol. The van der Waals surface area contributed by atoms with Gasteiger partial charge in [-0.1, -0.05) is 33.6 Å². The number of carbonyl (C=O) groups is 3. The molecule has 0 bridgehead atoms. The third-order valence-corrected chi connectivity index (χ3v) is 4.33. The second-order valence-corrected chi connectivity index (χ2v) is 7.09. The van der Waals surface area contributed by atoms with E-state index >= 15 is 0 Å². The van der Waals surface area contributed by atoms with Gasteiger partial charge in [-0.3, -0.25) is 14.4 Å². The van der Waals surface area contributed by atoms with Gasteiger partial charge in [-0.05, 0) is 56.2 Å². The Morgan fingerprint density at radius 1 is 1.00 bits per heavy atom. The predicted octanol–water partition coefficient (Wildman–Crippen LogP) is 3.29. The number of carbonyl (C=O) groups excluding carboxylic acids is 3. The van der Waals surface area contributed by atoms with Gasteiger partial charge >= 0.3 is 5.97 Å². The summed E-state index contributed by atoms with van der Waals surface area (Å²) in [4.78, 5) is 35.7. The first-order chi connectivity index (χ1) is 12.8. The molecule has 2 aromatic rings. The Balaban J connectivity index is 1.79. The molecule has 0 aliphatic carbocycles. The minimum Gasteiger partial charge on any atom is -0.454 e. The molecule has 0 aromatic heterocycles. The molecular formula is C20H21BrN2O4. The molecule has 2 aromatic carbocycles. The van der Waals surface area contributed by atoms with Gasteiger partial charge in [-0.15, -0.1) is 0 Å². The molecule has 2 rings (SSSR count). The molecule has 6 nitrogen and oxygen atoms in total. The minimum absolute atomic E-state index is 0.315. The molecule has 0 unspecified atom stereocenters. The number of hydrogen-bond donors (Lipinski definition) is 2. The first-order valence-electron chi connectivity index (χ1n) is 8.33. The van der Waals surface area contributed by atoms with Gasteiger partial charge in [0.05, 0.1) is 0 Å². The quantitative estimate of drug-likeness (QED) is 0.685. The highest BCUT2D eigenvalue weighted by atomic mass is 79.9. The van der Waals surface area contributed by atoms with Crippen LogP contribution in [0.15, 0.2) is 40.9 Å². The fourth-order valence-electron chi connectivity index (χ4n) is 2.61. The summed E-state index contributed by atoms with van der Waals surface area (Å²) in [6, 6.07) is 10.6. The van der Waals surface area contributed by atoms with Crippen LogP contribution in [0.4, 0.5) is 5.69 Å². The van der Waals surface area contributed by atoms with Gasteiger partial charge in [-0.25, -0.2) is 0 Å². The van der Waals surface area contributed by atoms with Crippen LogP contribution in [0.3, 0.4) is 0 Å². The lowest BCUT2D eigenvalue weighted by Crippen LogP contribution is -2.32. The fraction of sp³-hybridized carbons (Fsp3) is 0.250. The monoisotopic (exact) mass is 432 g/mol. The molecule has 0 aliphatic rings. The molecule has 0 saturated heterocycles. The van der Waals surface area contributed by atoms with Crippen LogP contribution >= 0.6 is 15.9 Å². The van der Waals surface area contributed by atoms with Gasteiger partial charge < -0.3 is 15.4 Å². The molecule has 0 fully saturated rings. The van der Waals surface area contributed by atoms with E-state index in [0.29, 0.717) is 11.3 Å². The van der Waals surface area contributed by atoms with Crippen molar-refractivity contribution in [3.05, 3.63) is 63.1 Å². The van der Waals surface area contributed by atoms with Crippen molar-refractivity contribution in [1.29, 1.82) is 0 Å². The van der Waals surface area contributed by atoms with E-state index in [1.54, 1.807) is 24.3 Å². The van der Waals surface area contributed by atoms with Crippen molar-refractivity contribution in [2.45, 2.75) is 20.8 Å². The smallest absolute Gasteiger partial charge is 0.325 e. The average molecular weight is 433 g/mol. The number of amides is 2. The molecule has 7 heteroatoms. The van der Waals surface area contributed by atoms with Crippen molar-refractivity contribution >= 4 is 39.4 Å². The lowest BCUT2D eigenvalue weighted by atomic mass is 10.1. The first kappa shape index (κ1) is 20.6. The maximum absolute atomic E-state index is 12.0. The maximum Gasteiger partial charge on any atom is 0.325 e. The maximum atomic E-state index is 12.0. The minimum atomic E-state index is -0.687. The van der Waals surface area contributed by atoms with Gasteiger partial charge in [0.2, 0.25) is 0 Å². The summed E-state index contributed by atoms with van der Waals surface area (Å²) in [5.41, 5.74) is 4.12. The van der Waals surface area contributed by atoms with Crippen LogP contribution in [-0.4, -0.2) is 30.9 Å². The Labute approximate surface area is 166 Å². The molecule has 0 spiro atoms. The molecule has 0 aliphatic heterocycles. The number of esters is 1. The number of hydrogen-bond acceptors (Lipinski definition) is 4. The molecule has 0 saturated carbocycles. The van der Waals surface area contributed by atoms with Crippen LogP contribution in [-0.2, 0) is 14.3 Å². The standard InChI is InChI=1S/C20H21BrN2O4/c1-12-8-13(2)19(14(3)9-12)23-17(24)11-27-18(25)10-22-20(26)15-4-6-16(21)7-5-15/h4-9H,10-11H2,1-3H3,(H,22,26)(H,23,24). The number of halogens is 1. The number of anilines is 1. The van der Waals surface area contributed by atoms with Gasteiger partial charge in [0.25, 0.3) is 11.8 Å². The van der Waals surface area contributed by atoms with Crippen LogP contribution < -0.4 is 10.6 Å². The topological polar surface area (TPSA) is 84.5 Å². The van der Waals surface area contributed by atoms with Crippen LogP contribution in [0.2, 0.25) is 0 Å². The van der Waals surface area contributed by atoms with E-state index in [2.05, 4.69) is 26.6 Å². The first-order valence-corrected chi connectivity index (χ1v) is 9.12. The molecule has 27 heavy (non-hydrogen) atoms. The Morgan fingerprint density at radius 2 is 1.59 bits per heavy atom. The number of aryl methyl sites for hydroxylation is 3. The third kappa shape index (κ3) is 6.21. The highest BCUT2D eigenvalue weighted by Crippen LogP contribution is 2.21. The van der Waals surface area contributed by atoms with Gasteiger partial charge in [-0.2, -0.15) is 0 Å². The zero-order chi connectivity index (χ0) is 20.0. The Kier molecular flexibility index (Phi) is 7.12. The van der Waals surface area contributed by atoms with E-state index < -0.39 is 24.4 Å². The summed E-state index contributed by atoms with van der Waals surface area (Å²) < 4.78 is 5.76. The summed E-state index contributed by atoms with van der Waals surface area (Å²) in [6.45, 7) is 5.05. The zero-order valence-electron chi connectivity index (χ0n) is 15.4. The number of ether oxygens (including phenoxy) is 1. The third-order valence-electron chi connectivity index (χ3n) is 3.81. The lowest BCUT2D eigenvalue weighted by Gasteiger charge is -2.13. The average Bonchev–Trinajstić information content (AvgIpc) is 2.61. The van der Waals surface area contributed by atoms with Gasteiger partial charge in [0.15, 0.2) is 6.61 Å².